The molecule has 6 aliphatic rings. The Labute approximate surface area is 362 Å². The quantitative estimate of drug-likeness (QED) is 0.160. The summed E-state index contributed by atoms with van der Waals surface area (Å²) < 4.78 is 6.61. The van der Waals surface area contributed by atoms with Crippen molar-refractivity contribution in [2.24, 2.45) is 34.5 Å². The Morgan fingerprint density at radius 3 is 2.34 bits per heavy atom. The van der Waals surface area contributed by atoms with Crippen molar-refractivity contribution in [3.05, 3.63) is 168 Å². The van der Waals surface area contributed by atoms with Gasteiger partial charge >= 0.3 is 0 Å². The minimum Gasteiger partial charge on any atom is -0.440 e. The summed E-state index contributed by atoms with van der Waals surface area (Å²) in [6.07, 6.45) is 35.5. The van der Waals surface area contributed by atoms with Crippen LogP contribution >= 0.6 is 0 Å². The molecule has 1 aromatic heterocycles. The van der Waals surface area contributed by atoms with Crippen molar-refractivity contribution in [1.29, 1.82) is 0 Å². The molecule has 0 radical (unpaired) electrons. The summed E-state index contributed by atoms with van der Waals surface area (Å²) in [5, 5.41) is 4.85. The van der Waals surface area contributed by atoms with Crippen LogP contribution in [0.4, 0.5) is 5.69 Å². The molecule has 0 spiro atoms. The first-order valence-electron chi connectivity index (χ1n) is 23.2. The standard InChI is InChI=1S/C58H60N2O/c1-37-28-32-58(6,33-29-37)55-59-54-52(61-55)27-17-41-13-11-40-12-14-42(35-48(40)53(41)54)39-15-20-44(21-16-39)60(45-22-18-43(19-23-45)57(5)30-8-7-9-31-57)46-24-25-47-49-34-38(2)10-26-50(49)56(3,4)51(47)36-46/h7-9,11-18,20-27,30,34-35,37-38,43,51H,10,19,28-29,31-33,36H2,1-6H3. The molecule has 0 bridgehead atoms. The number of rotatable bonds is 6. The summed E-state index contributed by atoms with van der Waals surface area (Å²) in [6, 6.07) is 25.1. The van der Waals surface area contributed by atoms with Crippen LogP contribution in [0.5, 0.6) is 0 Å². The Morgan fingerprint density at radius 2 is 1.57 bits per heavy atom. The molecule has 0 saturated heterocycles. The minimum atomic E-state index is -0.0112. The maximum atomic E-state index is 6.61. The van der Waals surface area contributed by atoms with Gasteiger partial charge in [-0.3, -0.25) is 0 Å². The minimum absolute atomic E-state index is 0.0112. The molecule has 4 unspecified atom stereocenters. The summed E-state index contributed by atoms with van der Waals surface area (Å²) >= 11 is 0. The van der Waals surface area contributed by atoms with Crippen LogP contribution in [0, 0.1) is 34.5 Å². The van der Waals surface area contributed by atoms with Crippen molar-refractivity contribution in [2.75, 3.05) is 4.90 Å². The van der Waals surface area contributed by atoms with Crippen molar-refractivity contribution in [2.45, 2.75) is 98.3 Å². The lowest BCUT2D eigenvalue weighted by Crippen LogP contribution is -2.30. The largest absolute Gasteiger partial charge is 0.440 e. The number of hydrogen-bond donors (Lipinski definition) is 0. The molecule has 0 aliphatic heterocycles. The molecular weight excluding hydrogens is 741 g/mol. The van der Waals surface area contributed by atoms with Crippen molar-refractivity contribution >= 4 is 38.3 Å². The molecule has 61 heavy (non-hydrogen) atoms. The Morgan fingerprint density at radius 1 is 0.803 bits per heavy atom. The molecule has 3 nitrogen and oxygen atoms in total. The second-order valence-corrected chi connectivity index (χ2v) is 20.7. The molecule has 0 amide bonds. The SMILES string of the molecule is CC1C=C2C3=CC=C(N(C4=CCC(C5(C)C=CC=CC5)C=C4)c4ccc(-c5ccc6ccc7ccc8oc(C9(C)CCC(C)CC9)nc8c7c6c5)cc4)CC3C(C)(C)C2=CC1. The number of aromatic nitrogens is 1. The Kier molecular flexibility index (Phi) is 9.05. The number of allylic oxidation sites excluding steroid dienone is 15. The summed E-state index contributed by atoms with van der Waals surface area (Å²) in [5.41, 5.74) is 13.0. The summed E-state index contributed by atoms with van der Waals surface area (Å²) in [6.45, 7) is 14.5. The zero-order valence-electron chi connectivity index (χ0n) is 37.0. The third-order valence-electron chi connectivity index (χ3n) is 16.0. The van der Waals surface area contributed by atoms with Crippen molar-refractivity contribution in [1.82, 2.24) is 4.98 Å². The zero-order valence-corrected chi connectivity index (χ0v) is 37.0. The highest BCUT2D eigenvalue weighted by Gasteiger charge is 2.47. The normalized spacial score (nSPS) is 29.2. The van der Waals surface area contributed by atoms with E-state index in [2.05, 4.69) is 180 Å². The van der Waals surface area contributed by atoms with Gasteiger partial charge in [-0.1, -0.05) is 139 Å². The lowest BCUT2D eigenvalue weighted by Gasteiger charge is -2.39. The van der Waals surface area contributed by atoms with Gasteiger partial charge in [0, 0.05) is 27.9 Å². The van der Waals surface area contributed by atoms with Gasteiger partial charge in [0.1, 0.15) is 5.52 Å². The van der Waals surface area contributed by atoms with Crippen LogP contribution in [0.15, 0.2) is 166 Å². The van der Waals surface area contributed by atoms with E-state index in [-0.39, 0.29) is 16.2 Å². The van der Waals surface area contributed by atoms with Gasteiger partial charge in [0.2, 0.25) is 5.89 Å². The van der Waals surface area contributed by atoms with Gasteiger partial charge in [0.15, 0.2) is 5.58 Å². The first-order chi connectivity index (χ1) is 29.5. The molecule has 308 valence electrons. The molecule has 4 atom stereocenters. The molecule has 3 heteroatoms. The molecule has 0 N–H and O–H groups in total. The van der Waals surface area contributed by atoms with E-state index in [4.69, 9.17) is 9.40 Å². The summed E-state index contributed by atoms with van der Waals surface area (Å²) in [5.74, 6) is 3.19. The highest BCUT2D eigenvalue weighted by atomic mass is 16.3. The third-order valence-corrected chi connectivity index (χ3v) is 16.0. The molecule has 6 aliphatic carbocycles. The fourth-order valence-electron chi connectivity index (χ4n) is 11.8. The van der Waals surface area contributed by atoms with E-state index >= 15 is 0 Å². The topological polar surface area (TPSA) is 29.3 Å². The van der Waals surface area contributed by atoms with E-state index in [1.165, 1.54) is 73.7 Å². The lowest BCUT2D eigenvalue weighted by molar-refractivity contribution is 0.222. The predicted molar refractivity (Wildman–Crippen MR) is 256 cm³/mol. The Hall–Kier alpha value is -5.41. The number of nitrogens with zero attached hydrogens (tertiary/aromatic N) is 2. The van der Waals surface area contributed by atoms with Gasteiger partial charge in [-0.05, 0) is 166 Å². The number of anilines is 1. The Bertz CT molecular complexity index is 2860. The van der Waals surface area contributed by atoms with E-state index in [1.807, 2.05) is 0 Å². The number of fused-ring (bicyclic) bond motifs is 8. The number of hydrogen-bond acceptors (Lipinski definition) is 3. The molecule has 2 fully saturated rings. The average Bonchev–Trinajstić information content (AvgIpc) is 3.82. The maximum Gasteiger partial charge on any atom is 0.201 e. The monoisotopic (exact) mass is 800 g/mol. The van der Waals surface area contributed by atoms with Gasteiger partial charge in [-0.15, -0.1) is 0 Å². The second-order valence-electron chi connectivity index (χ2n) is 20.7. The van der Waals surface area contributed by atoms with Gasteiger partial charge in [-0.2, -0.15) is 0 Å². The van der Waals surface area contributed by atoms with Crippen LogP contribution in [-0.2, 0) is 5.41 Å². The van der Waals surface area contributed by atoms with Crippen LogP contribution in [-0.4, -0.2) is 4.98 Å². The van der Waals surface area contributed by atoms with Crippen LogP contribution in [0.1, 0.15) is 98.8 Å². The van der Waals surface area contributed by atoms with Crippen molar-refractivity contribution in [3.8, 4) is 11.1 Å². The van der Waals surface area contributed by atoms with Crippen LogP contribution < -0.4 is 4.90 Å². The molecule has 11 rings (SSSR count). The fourth-order valence-corrected chi connectivity index (χ4v) is 11.8. The zero-order chi connectivity index (χ0) is 41.7. The number of benzene rings is 4. The average molecular weight is 801 g/mol. The smallest absolute Gasteiger partial charge is 0.201 e. The Balaban J connectivity index is 0.960. The van der Waals surface area contributed by atoms with E-state index in [1.54, 1.807) is 5.57 Å². The van der Waals surface area contributed by atoms with Gasteiger partial charge in [0.05, 0.1) is 0 Å². The first-order valence-corrected chi connectivity index (χ1v) is 23.2. The van der Waals surface area contributed by atoms with Crippen molar-refractivity contribution in [3.63, 3.8) is 0 Å². The molecule has 4 aromatic carbocycles. The van der Waals surface area contributed by atoms with E-state index in [0.717, 1.165) is 61.4 Å². The predicted octanol–water partition coefficient (Wildman–Crippen LogP) is 15.8. The highest BCUT2D eigenvalue weighted by molar-refractivity contribution is 6.18. The van der Waals surface area contributed by atoms with Crippen molar-refractivity contribution < 1.29 is 4.42 Å². The van der Waals surface area contributed by atoms with Gasteiger partial charge < -0.3 is 9.32 Å². The molecule has 2 saturated carbocycles. The van der Waals surface area contributed by atoms with Gasteiger partial charge in [-0.25, -0.2) is 4.98 Å². The summed E-state index contributed by atoms with van der Waals surface area (Å²) in [7, 11) is 0. The molecular formula is C58H60N2O. The first kappa shape index (κ1) is 38.5. The third kappa shape index (κ3) is 6.40. The van der Waals surface area contributed by atoms with Gasteiger partial charge in [0.25, 0.3) is 0 Å². The maximum absolute atomic E-state index is 6.61. The van der Waals surface area contributed by atoms with E-state index in [0.29, 0.717) is 17.8 Å². The van der Waals surface area contributed by atoms with E-state index in [9.17, 15) is 0 Å². The van der Waals surface area contributed by atoms with Crippen LogP contribution in [0.3, 0.4) is 0 Å². The molecule has 5 aromatic rings. The summed E-state index contributed by atoms with van der Waals surface area (Å²) in [4.78, 5) is 7.88. The molecule has 1 heterocycles. The van der Waals surface area contributed by atoms with Crippen LogP contribution in [0.25, 0.3) is 43.8 Å². The fraction of sp³-hybridized carbons (Fsp3) is 0.362. The lowest BCUT2D eigenvalue weighted by atomic mass is 9.70. The number of oxazole rings is 1. The highest BCUT2D eigenvalue weighted by Crippen LogP contribution is 2.59. The second kappa shape index (κ2) is 14.3. The van der Waals surface area contributed by atoms with E-state index < -0.39 is 0 Å². The van der Waals surface area contributed by atoms with Crippen LogP contribution in [0.2, 0.25) is 0 Å².